The van der Waals surface area contributed by atoms with Gasteiger partial charge in [-0.25, -0.2) is 0 Å². The number of thioether (sulfide) groups is 1. The molecule has 1 N–H and O–H groups in total. The van der Waals surface area contributed by atoms with Crippen molar-refractivity contribution in [3.63, 3.8) is 0 Å². The van der Waals surface area contributed by atoms with E-state index in [9.17, 15) is 4.79 Å². The molecule has 2 aromatic carbocycles. The van der Waals surface area contributed by atoms with Crippen LogP contribution in [0.1, 0.15) is 12.0 Å². The van der Waals surface area contributed by atoms with Crippen LogP contribution in [0.2, 0.25) is 0 Å². The third-order valence-corrected chi connectivity index (χ3v) is 5.20. The molecule has 1 aliphatic heterocycles. The maximum atomic E-state index is 12.2. The summed E-state index contributed by atoms with van der Waals surface area (Å²) in [5, 5.41) is 2.91. The van der Waals surface area contributed by atoms with Gasteiger partial charge < -0.3 is 14.8 Å². The van der Waals surface area contributed by atoms with E-state index in [0.717, 1.165) is 32.8 Å². The summed E-state index contributed by atoms with van der Waals surface area (Å²) >= 11 is 4.97. The van der Waals surface area contributed by atoms with Crippen LogP contribution in [0.5, 0.6) is 11.5 Å². The zero-order chi connectivity index (χ0) is 16.9. The van der Waals surface area contributed by atoms with Crippen LogP contribution in [-0.4, -0.2) is 24.9 Å². The van der Waals surface area contributed by atoms with E-state index >= 15 is 0 Å². The molecule has 4 nitrogen and oxygen atoms in total. The second-order valence-corrected chi connectivity index (χ2v) is 7.39. The number of hydrogen-bond acceptors (Lipinski definition) is 4. The standard InChI is InChI=1S/C18H18BrNO3S/c1-12-9-13(19)3-6-17(12)24-11-18(21)20-14-4-5-15-16(10-14)23-8-2-7-22-15/h3-6,9-10H,2,7-8,11H2,1H3,(H,20,21). The number of anilines is 1. The number of carbonyl (C=O) groups is 1. The fourth-order valence-corrected chi connectivity index (χ4v) is 3.64. The Morgan fingerprint density at radius 1 is 1.17 bits per heavy atom. The highest BCUT2D eigenvalue weighted by Gasteiger charge is 2.12. The maximum absolute atomic E-state index is 12.2. The average Bonchev–Trinajstić information content (AvgIpc) is 2.79. The number of carbonyl (C=O) groups excluding carboxylic acids is 1. The number of ether oxygens (including phenoxy) is 2. The first-order valence-electron chi connectivity index (χ1n) is 7.70. The first-order valence-corrected chi connectivity index (χ1v) is 9.48. The zero-order valence-electron chi connectivity index (χ0n) is 13.3. The van der Waals surface area contributed by atoms with Crippen LogP contribution in [0.15, 0.2) is 45.8 Å². The van der Waals surface area contributed by atoms with Crippen LogP contribution < -0.4 is 14.8 Å². The second kappa shape index (κ2) is 7.94. The van der Waals surface area contributed by atoms with Gasteiger partial charge in [-0.2, -0.15) is 0 Å². The molecule has 6 heteroatoms. The van der Waals surface area contributed by atoms with Crippen LogP contribution in [0.4, 0.5) is 5.69 Å². The number of benzene rings is 2. The van der Waals surface area contributed by atoms with Crippen molar-refractivity contribution in [1.82, 2.24) is 0 Å². The fourth-order valence-electron chi connectivity index (χ4n) is 2.36. The van der Waals surface area contributed by atoms with Crippen molar-refractivity contribution in [2.24, 2.45) is 0 Å². The Morgan fingerprint density at radius 3 is 2.75 bits per heavy atom. The van der Waals surface area contributed by atoms with E-state index in [1.54, 1.807) is 0 Å². The lowest BCUT2D eigenvalue weighted by atomic mass is 10.2. The highest BCUT2D eigenvalue weighted by atomic mass is 79.9. The van der Waals surface area contributed by atoms with E-state index in [4.69, 9.17) is 9.47 Å². The molecule has 0 spiro atoms. The van der Waals surface area contributed by atoms with Crippen LogP contribution in [-0.2, 0) is 4.79 Å². The Balaban J connectivity index is 1.59. The molecule has 0 fully saturated rings. The number of halogens is 1. The summed E-state index contributed by atoms with van der Waals surface area (Å²) in [7, 11) is 0. The molecule has 1 aliphatic rings. The quantitative estimate of drug-likeness (QED) is 0.749. The van der Waals surface area contributed by atoms with Gasteiger partial charge in [-0.05, 0) is 42.8 Å². The Hall–Kier alpha value is -1.66. The van der Waals surface area contributed by atoms with Gasteiger partial charge >= 0.3 is 0 Å². The van der Waals surface area contributed by atoms with Gasteiger partial charge in [-0.3, -0.25) is 4.79 Å². The van der Waals surface area contributed by atoms with Crippen molar-refractivity contribution in [1.29, 1.82) is 0 Å². The Bertz CT molecular complexity index is 751. The average molecular weight is 408 g/mol. The van der Waals surface area contributed by atoms with E-state index in [-0.39, 0.29) is 5.91 Å². The van der Waals surface area contributed by atoms with Gasteiger partial charge in [0.15, 0.2) is 11.5 Å². The van der Waals surface area contributed by atoms with Crippen molar-refractivity contribution >= 4 is 39.3 Å². The molecular formula is C18H18BrNO3S. The minimum atomic E-state index is -0.0446. The molecule has 0 unspecified atom stereocenters. The van der Waals surface area contributed by atoms with Gasteiger partial charge in [-0.15, -0.1) is 11.8 Å². The lowest BCUT2D eigenvalue weighted by Crippen LogP contribution is -2.14. The summed E-state index contributed by atoms with van der Waals surface area (Å²) < 4.78 is 12.3. The van der Waals surface area contributed by atoms with Crippen molar-refractivity contribution in [2.75, 3.05) is 24.3 Å². The minimum Gasteiger partial charge on any atom is -0.490 e. The third-order valence-electron chi connectivity index (χ3n) is 3.53. The maximum Gasteiger partial charge on any atom is 0.234 e. The molecule has 24 heavy (non-hydrogen) atoms. The van der Waals surface area contributed by atoms with Crippen LogP contribution >= 0.6 is 27.7 Å². The summed E-state index contributed by atoms with van der Waals surface area (Å²) in [6.45, 7) is 3.32. The second-order valence-electron chi connectivity index (χ2n) is 5.46. The predicted molar refractivity (Wildman–Crippen MR) is 100 cm³/mol. The normalized spacial score (nSPS) is 13.2. The minimum absolute atomic E-state index is 0.0446. The number of hydrogen-bond donors (Lipinski definition) is 1. The van der Waals surface area contributed by atoms with Crippen LogP contribution in [0, 0.1) is 6.92 Å². The molecule has 0 aromatic heterocycles. The smallest absolute Gasteiger partial charge is 0.234 e. The molecule has 0 saturated carbocycles. The van der Waals surface area contributed by atoms with Crippen LogP contribution in [0.25, 0.3) is 0 Å². The molecular weight excluding hydrogens is 390 g/mol. The third kappa shape index (κ3) is 4.45. The van der Waals surface area contributed by atoms with Crippen molar-refractivity contribution in [3.8, 4) is 11.5 Å². The molecule has 0 bridgehead atoms. The summed E-state index contributed by atoms with van der Waals surface area (Å²) in [5.74, 6) is 1.72. The number of amides is 1. The van der Waals surface area contributed by atoms with E-state index < -0.39 is 0 Å². The summed E-state index contributed by atoms with van der Waals surface area (Å²) in [6, 6.07) is 11.5. The molecule has 0 saturated heterocycles. The number of rotatable bonds is 4. The van der Waals surface area contributed by atoms with Gasteiger partial charge in [0.25, 0.3) is 0 Å². The highest BCUT2D eigenvalue weighted by Crippen LogP contribution is 2.32. The molecule has 0 radical (unpaired) electrons. The van der Waals surface area contributed by atoms with E-state index in [0.29, 0.717) is 24.7 Å². The monoisotopic (exact) mass is 407 g/mol. The Kier molecular flexibility index (Phi) is 5.68. The topological polar surface area (TPSA) is 47.6 Å². The zero-order valence-corrected chi connectivity index (χ0v) is 15.7. The molecule has 0 aliphatic carbocycles. The van der Waals surface area contributed by atoms with Gasteiger partial charge in [0.05, 0.1) is 19.0 Å². The van der Waals surface area contributed by atoms with E-state index in [1.165, 1.54) is 11.8 Å². The summed E-state index contributed by atoms with van der Waals surface area (Å²) in [4.78, 5) is 13.3. The number of aryl methyl sites for hydroxylation is 1. The van der Waals surface area contributed by atoms with Crippen LogP contribution in [0.3, 0.4) is 0 Å². The summed E-state index contributed by atoms with van der Waals surface area (Å²) in [5.41, 5.74) is 1.87. The Labute approximate surface area is 154 Å². The van der Waals surface area contributed by atoms with Gasteiger partial charge in [-0.1, -0.05) is 15.9 Å². The van der Waals surface area contributed by atoms with Gasteiger partial charge in [0.2, 0.25) is 5.91 Å². The number of nitrogens with one attached hydrogen (secondary N) is 1. The molecule has 2 aromatic rings. The SMILES string of the molecule is Cc1cc(Br)ccc1SCC(=O)Nc1ccc2c(c1)OCCCO2. The molecule has 0 atom stereocenters. The molecule has 1 amide bonds. The predicted octanol–water partition coefficient (Wildman–Crippen LogP) is 4.65. The van der Waals surface area contributed by atoms with Crippen molar-refractivity contribution in [2.45, 2.75) is 18.2 Å². The first-order chi connectivity index (χ1) is 11.6. The fraction of sp³-hybridized carbons (Fsp3) is 0.278. The van der Waals surface area contributed by atoms with E-state index in [1.807, 2.05) is 43.3 Å². The lowest BCUT2D eigenvalue weighted by molar-refractivity contribution is -0.113. The first kappa shape index (κ1) is 17.2. The van der Waals surface area contributed by atoms with Crippen molar-refractivity contribution < 1.29 is 14.3 Å². The molecule has 1 heterocycles. The van der Waals surface area contributed by atoms with E-state index in [2.05, 4.69) is 21.2 Å². The largest absolute Gasteiger partial charge is 0.490 e. The lowest BCUT2D eigenvalue weighted by Gasteiger charge is -2.11. The van der Waals surface area contributed by atoms with Crippen molar-refractivity contribution in [3.05, 3.63) is 46.4 Å². The molecule has 126 valence electrons. The van der Waals surface area contributed by atoms with Gasteiger partial charge in [0, 0.05) is 27.5 Å². The molecule has 3 rings (SSSR count). The summed E-state index contributed by atoms with van der Waals surface area (Å²) in [6.07, 6.45) is 0.861. The highest BCUT2D eigenvalue weighted by molar-refractivity contribution is 9.10. The number of fused-ring (bicyclic) bond motifs is 1. The van der Waals surface area contributed by atoms with Gasteiger partial charge in [0.1, 0.15) is 0 Å². The Morgan fingerprint density at radius 2 is 1.96 bits per heavy atom.